The van der Waals surface area contributed by atoms with Crippen LogP contribution in [0.5, 0.6) is 0 Å². The second-order valence-electron chi connectivity index (χ2n) is 13.9. The Balaban J connectivity index is 1.32. The van der Waals surface area contributed by atoms with Gasteiger partial charge in [0.2, 0.25) is 0 Å². The largest absolute Gasteiger partial charge is 0.380 e. The molecule has 1 saturated heterocycles. The third-order valence-corrected chi connectivity index (χ3v) is 12.9. The summed E-state index contributed by atoms with van der Waals surface area (Å²) in [5.41, 5.74) is 0.0662. The maximum Gasteiger partial charge on any atom is 0.111 e. The lowest BCUT2D eigenvalue weighted by Crippen LogP contribution is -2.54. The molecule has 0 amide bonds. The molecule has 1 aliphatic heterocycles. The lowest BCUT2D eigenvalue weighted by molar-refractivity contribution is -0.0677. The first-order valence-corrected chi connectivity index (χ1v) is 17.6. The Hall–Kier alpha value is 0.230. The van der Waals surface area contributed by atoms with Crippen LogP contribution in [0, 0.1) is 17.8 Å². The molecule has 0 N–H and O–H groups in total. The summed E-state index contributed by atoms with van der Waals surface area (Å²) in [6.45, 7) is 0.383. The Kier molecular flexibility index (Phi) is 11.6. The predicted molar refractivity (Wildman–Crippen MR) is 162 cm³/mol. The fourth-order valence-corrected chi connectivity index (χ4v) is 10.8. The first kappa shape index (κ1) is 32.6. The van der Waals surface area contributed by atoms with Crippen LogP contribution in [0.2, 0.25) is 0 Å². The van der Waals surface area contributed by atoms with Crippen LogP contribution in [-0.2, 0) is 9.47 Å². The molecule has 5 fully saturated rings. The smallest absolute Gasteiger partial charge is 0.111 e. The van der Waals surface area contributed by atoms with Crippen molar-refractivity contribution in [2.45, 2.75) is 137 Å². The molecule has 5 aliphatic rings. The van der Waals surface area contributed by atoms with E-state index in [4.69, 9.17) is 21.1 Å². The van der Waals surface area contributed by atoms with Crippen LogP contribution in [-0.4, -0.2) is 115 Å². The van der Waals surface area contributed by atoms with Crippen molar-refractivity contribution in [1.29, 1.82) is 0 Å². The summed E-state index contributed by atoms with van der Waals surface area (Å²) in [5.74, 6) is 0.942. The van der Waals surface area contributed by atoms with Crippen LogP contribution in [0.25, 0.3) is 0 Å². The minimum atomic E-state index is -1.20. The zero-order valence-electron chi connectivity index (χ0n) is 25.5. The number of likely N-dealkylation sites (N-methyl/N-ethyl adjacent to an activating group) is 1. The zero-order chi connectivity index (χ0) is 29.3. The van der Waals surface area contributed by atoms with Gasteiger partial charge in [-0.2, -0.15) is 0 Å². The van der Waals surface area contributed by atoms with Gasteiger partial charge in [-0.15, -0.1) is 23.4 Å². The summed E-state index contributed by atoms with van der Waals surface area (Å²) in [5, 5.41) is 0.0757. The van der Waals surface area contributed by atoms with Crippen LogP contribution in [0.3, 0.4) is 0 Å². The highest BCUT2D eigenvalue weighted by molar-refractivity contribution is 7.99. The van der Waals surface area contributed by atoms with Gasteiger partial charge in [0.25, 0.3) is 0 Å². The van der Waals surface area contributed by atoms with E-state index in [2.05, 4.69) is 16.8 Å². The van der Waals surface area contributed by atoms with E-state index in [1.807, 2.05) is 19.0 Å². The molecule has 4 saturated carbocycles. The maximum atomic E-state index is 15.4. The average molecular weight is 624 g/mol. The van der Waals surface area contributed by atoms with E-state index in [0.717, 1.165) is 38.5 Å². The summed E-state index contributed by atoms with van der Waals surface area (Å²) in [7, 11) is 7.79. The molecule has 0 spiro atoms. The molecule has 1 heterocycles. The number of hydrogen-bond acceptors (Lipinski definition) is 6. The van der Waals surface area contributed by atoms with Crippen LogP contribution >= 0.6 is 23.4 Å². The standard InChI is InChI=1S/C31H53ClF3N3O2S/c1-36(2)18-40-22-15-26(34)24(27(35)16-22)17-41-31-37(3)28-7-5-6-23(19-8-13-25(32)29(14-19)39-4)30(28)38(31)21-11-9-20(33)10-12-21/h19-31H,5-18H2,1-4H3. The van der Waals surface area contributed by atoms with E-state index in [1.165, 1.54) is 12.8 Å². The second kappa shape index (κ2) is 14.6. The Labute approximate surface area is 255 Å². The lowest BCUT2D eigenvalue weighted by atomic mass is 9.68. The number of ether oxygens (including phenoxy) is 2. The van der Waals surface area contributed by atoms with Gasteiger partial charge in [-0.25, -0.2) is 13.2 Å². The SMILES string of the molecule is COC1CC(C2CCCC3C2N(C2CCC(F)CC2)C(SCC2C(F)CC(OCN(C)C)CC2F)N3C)CCC1Cl. The highest BCUT2D eigenvalue weighted by atomic mass is 35.5. The van der Waals surface area contributed by atoms with Gasteiger partial charge in [-0.3, -0.25) is 14.7 Å². The normalized spacial score (nSPS) is 46.6. The zero-order valence-corrected chi connectivity index (χ0v) is 27.1. The fraction of sp³-hybridized carbons (Fsp3) is 1.00. The second-order valence-corrected chi connectivity index (χ2v) is 15.5. The van der Waals surface area contributed by atoms with E-state index >= 15 is 8.78 Å². The van der Waals surface area contributed by atoms with Gasteiger partial charge in [0.05, 0.1) is 24.3 Å². The monoisotopic (exact) mass is 623 g/mol. The third-order valence-electron chi connectivity index (χ3n) is 11.0. The molecule has 0 aromatic carbocycles. The molecule has 0 bridgehead atoms. The van der Waals surface area contributed by atoms with Gasteiger partial charge in [0.1, 0.15) is 24.0 Å². The number of alkyl halides is 4. The van der Waals surface area contributed by atoms with Crippen molar-refractivity contribution < 1.29 is 22.6 Å². The van der Waals surface area contributed by atoms with E-state index in [-0.39, 0.29) is 35.9 Å². The summed E-state index contributed by atoms with van der Waals surface area (Å²) >= 11 is 8.37. The van der Waals surface area contributed by atoms with E-state index in [1.54, 1.807) is 18.9 Å². The number of methoxy groups -OCH3 is 1. The van der Waals surface area contributed by atoms with E-state index in [0.29, 0.717) is 55.3 Å². The minimum Gasteiger partial charge on any atom is -0.380 e. The van der Waals surface area contributed by atoms with Gasteiger partial charge < -0.3 is 9.47 Å². The molecule has 0 radical (unpaired) electrons. The number of halogens is 4. The first-order chi connectivity index (χ1) is 19.7. The lowest BCUT2D eigenvalue weighted by Gasteiger charge is -2.48. The van der Waals surface area contributed by atoms with Gasteiger partial charge in [-0.05, 0) is 90.8 Å². The van der Waals surface area contributed by atoms with Gasteiger partial charge in [-0.1, -0.05) is 6.42 Å². The van der Waals surface area contributed by atoms with Crippen molar-refractivity contribution in [2.75, 3.05) is 40.7 Å². The number of thioether (sulfide) groups is 1. The molecule has 10 heteroatoms. The molecule has 41 heavy (non-hydrogen) atoms. The third kappa shape index (κ3) is 7.38. The molecule has 5 nitrogen and oxygen atoms in total. The summed E-state index contributed by atoms with van der Waals surface area (Å²) in [4.78, 5) is 7.11. The minimum absolute atomic E-state index is 0.0662. The van der Waals surface area contributed by atoms with E-state index < -0.39 is 24.4 Å². The van der Waals surface area contributed by atoms with Crippen molar-refractivity contribution in [2.24, 2.45) is 17.8 Å². The van der Waals surface area contributed by atoms with Crippen molar-refractivity contribution in [3.8, 4) is 0 Å². The predicted octanol–water partition coefficient (Wildman–Crippen LogP) is 6.48. The summed E-state index contributed by atoms with van der Waals surface area (Å²) < 4.78 is 56.7. The molecular weight excluding hydrogens is 571 g/mol. The van der Waals surface area contributed by atoms with Gasteiger partial charge >= 0.3 is 0 Å². The van der Waals surface area contributed by atoms with Gasteiger partial charge in [0.15, 0.2) is 0 Å². The first-order valence-electron chi connectivity index (χ1n) is 16.1. The highest BCUT2D eigenvalue weighted by Crippen LogP contribution is 2.50. The number of nitrogens with zero attached hydrogens (tertiary/aromatic N) is 3. The number of fused-ring (bicyclic) bond motifs is 1. The van der Waals surface area contributed by atoms with Crippen molar-refractivity contribution >= 4 is 23.4 Å². The average Bonchev–Trinajstić information content (AvgIpc) is 3.23. The molecule has 0 aromatic rings. The Morgan fingerprint density at radius 2 is 1.63 bits per heavy atom. The molecular formula is C31H53ClF3N3O2S. The molecule has 9 unspecified atom stereocenters. The molecule has 4 aliphatic carbocycles. The maximum absolute atomic E-state index is 15.4. The molecule has 5 rings (SSSR count). The number of rotatable bonds is 9. The Morgan fingerprint density at radius 1 is 0.927 bits per heavy atom. The Morgan fingerprint density at radius 3 is 2.29 bits per heavy atom. The number of hydrogen-bond donors (Lipinski definition) is 0. The fourth-order valence-electron chi connectivity index (χ4n) is 8.78. The van der Waals surface area contributed by atoms with Crippen LogP contribution in [0.1, 0.15) is 77.0 Å². The summed E-state index contributed by atoms with van der Waals surface area (Å²) in [6, 6.07) is 1.12. The molecule has 9 atom stereocenters. The van der Waals surface area contributed by atoms with Crippen molar-refractivity contribution in [3.63, 3.8) is 0 Å². The molecule has 0 aromatic heterocycles. The van der Waals surface area contributed by atoms with Crippen molar-refractivity contribution in [3.05, 3.63) is 0 Å². The van der Waals surface area contributed by atoms with Gasteiger partial charge in [0, 0.05) is 49.7 Å². The molecule has 238 valence electrons. The van der Waals surface area contributed by atoms with E-state index in [9.17, 15) is 4.39 Å². The van der Waals surface area contributed by atoms with Crippen LogP contribution < -0.4 is 0 Å². The quantitative estimate of drug-likeness (QED) is 0.216. The highest BCUT2D eigenvalue weighted by Gasteiger charge is 2.55. The van der Waals surface area contributed by atoms with Crippen LogP contribution in [0.15, 0.2) is 0 Å². The summed E-state index contributed by atoms with van der Waals surface area (Å²) in [6.07, 6.45) is 6.76. The van der Waals surface area contributed by atoms with Crippen LogP contribution in [0.4, 0.5) is 13.2 Å². The topological polar surface area (TPSA) is 28.2 Å². The van der Waals surface area contributed by atoms with Crippen molar-refractivity contribution in [1.82, 2.24) is 14.7 Å². The Bertz CT molecular complexity index is 815.